The van der Waals surface area contributed by atoms with Crippen LogP contribution >= 0.6 is 7.60 Å². The highest BCUT2D eigenvalue weighted by Gasteiger charge is 2.37. The first-order chi connectivity index (χ1) is 10.1. The second kappa shape index (κ2) is 8.78. The SMILES string of the molecule is C/C=C/[C@H](OC(=O)c1ccccc1)P(=O)(OCC)OCC. The first-order valence-electron chi connectivity index (χ1n) is 6.85. The molecule has 0 bridgehead atoms. The molecular weight excluding hydrogens is 291 g/mol. The van der Waals surface area contributed by atoms with E-state index in [0.29, 0.717) is 5.56 Å². The predicted molar refractivity (Wildman–Crippen MR) is 81.3 cm³/mol. The number of rotatable bonds is 8. The maximum absolute atomic E-state index is 12.7. The van der Waals surface area contributed by atoms with Gasteiger partial charge in [0, 0.05) is 0 Å². The maximum Gasteiger partial charge on any atom is 0.374 e. The van der Waals surface area contributed by atoms with Crippen molar-refractivity contribution in [3.05, 3.63) is 48.0 Å². The Morgan fingerprint density at radius 1 is 1.19 bits per heavy atom. The zero-order valence-corrected chi connectivity index (χ0v) is 13.4. The Morgan fingerprint density at radius 2 is 1.76 bits per heavy atom. The molecule has 0 radical (unpaired) electrons. The number of ether oxygens (including phenoxy) is 1. The monoisotopic (exact) mass is 312 g/mol. The quantitative estimate of drug-likeness (QED) is 0.412. The van der Waals surface area contributed by atoms with E-state index in [-0.39, 0.29) is 13.2 Å². The molecule has 1 aromatic rings. The second-order valence-electron chi connectivity index (χ2n) is 4.06. The summed E-state index contributed by atoms with van der Waals surface area (Å²) >= 11 is 0. The van der Waals surface area contributed by atoms with Gasteiger partial charge in [0.1, 0.15) is 0 Å². The first-order valence-corrected chi connectivity index (χ1v) is 8.46. The predicted octanol–water partition coefficient (Wildman–Crippen LogP) is 4.01. The van der Waals surface area contributed by atoms with Crippen LogP contribution in [-0.4, -0.2) is 25.0 Å². The minimum Gasteiger partial charge on any atom is -0.441 e. The summed E-state index contributed by atoms with van der Waals surface area (Å²) in [5.41, 5.74) is 0.381. The Hall–Kier alpha value is -1.42. The molecule has 0 spiro atoms. The lowest BCUT2D eigenvalue weighted by molar-refractivity contribution is 0.0440. The first kappa shape index (κ1) is 17.6. The van der Waals surface area contributed by atoms with Gasteiger partial charge in [-0.25, -0.2) is 4.79 Å². The van der Waals surface area contributed by atoms with Crippen molar-refractivity contribution >= 4 is 13.6 Å². The lowest BCUT2D eigenvalue weighted by Gasteiger charge is -2.23. The molecule has 1 atom stereocenters. The molecule has 21 heavy (non-hydrogen) atoms. The Bertz CT molecular complexity index is 502. The van der Waals surface area contributed by atoms with Crippen molar-refractivity contribution in [2.45, 2.75) is 26.6 Å². The van der Waals surface area contributed by atoms with Crippen LogP contribution in [0.3, 0.4) is 0 Å². The van der Waals surface area contributed by atoms with Gasteiger partial charge >= 0.3 is 13.6 Å². The van der Waals surface area contributed by atoms with Crippen LogP contribution in [0, 0.1) is 0 Å². The molecule has 1 aromatic carbocycles. The molecule has 5 nitrogen and oxygen atoms in total. The van der Waals surface area contributed by atoms with Gasteiger partial charge in [0.25, 0.3) is 0 Å². The van der Waals surface area contributed by atoms with Gasteiger partial charge in [-0.1, -0.05) is 24.3 Å². The van der Waals surface area contributed by atoms with Crippen LogP contribution in [0.5, 0.6) is 0 Å². The molecule has 0 fully saturated rings. The van der Waals surface area contributed by atoms with E-state index in [4.69, 9.17) is 13.8 Å². The molecule has 0 N–H and O–H groups in total. The van der Waals surface area contributed by atoms with Crippen molar-refractivity contribution < 1.29 is 23.1 Å². The third-order valence-corrected chi connectivity index (χ3v) is 4.66. The largest absolute Gasteiger partial charge is 0.441 e. The van der Waals surface area contributed by atoms with Crippen molar-refractivity contribution in [2.24, 2.45) is 0 Å². The summed E-state index contributed by atoms with van der Waals surface area (Å²) in [7, 11) is -3.55. The number of allylic oxidation sites excluding steroid dienone is 1. The molecule has 0 unspecified atom stereocenters. The van der Waals surface area contributed by atoms with Gasteiger partial charge in [-0.15, -0.1) is 0 Å². The molecule has 6 heteroatoms. The Labute approximate surface area is 125 Å². The second-order valence-corrected chi connectivity index (χ2v) is 6.17. The molecule has 0 amide bonds. The zero-order chi connectivity index (χ0) is 15.7. The Balaban J connectivity index is 2.95. The number of esters is 1. The molecule has 0 aliphatic carbocycles. The van der Waals surface area contributed by atoms with Crippen LogP contribution in [0.25, 0.3) is 0 Å². The van der Waals surface area contributed by atoms with Crippen molar-refractivity contribution in [1.82, 2.24) is 0 Å². The third-order valence-electron chi connectivity index (χ3n) is 2.52. The van der Waals surface area contributed by atoms with Crippen LogP contribution in [0.4, 0.5) is 0 Å². The fourth-order valence-electron chi connectivity index (χ4n) is 1.67. The molecule has 0 saturated heterocycles. The zero-order valence-electron chi connectivity index (χ0n) is 12.5. The molecular formula is C15H21O5P. The van der Waals surface area contributed by atoms with Crippen LogP contribution in [0.15, 0.2) is 42.5 Å². The number of hydrogen-bond acceptors (Lipinski definition) is 5. The van der Waals surface area contributed by atoms with E-state index >= 15 is 0 Å². The van der Waals surface area contributed by atoms with Crippen LogP contribution in [-0.2, 0) is 18.3 Å². The minimum absolute atomic E-state index is 0.203. The van der Waals surface area contributed by atoms with Gasteiger partial charge in [-0.2, -0.15) is 0 Å². The lowest BCUT2D eigenvalue weighted by atomic mass is 10.2. The van der Waals surface area contributed by atoms with E-state index in [1.54, 1.807) is 57.2 Å². The number of carbonyl (C=O) groups excluding carboxylic acids is 1. The van der Waals surface area contributed by atoms with Crippen molar-refractivity contribution in [1.29, 1.82) is 0 Å². The van der Waals surface area contributed by atoms with Crippen LogP contribution < -0.4 is 0 Å². The van der Waals surface area contributed by atoms with Gasteiger partial charge < -0.3 is 13.8 Å². The van der Waals surface area contributed by atoms with Crippen LogP contribution in [0.2, 0.25) is 0 Å². The van der Waals surface area contributed by atoms with E-state index < -0.39 is 19.4 Å². The van der Waals surface area contributed by atoms with E-state index in [1.165, 1.54) is 6.08 Å². The van der Waals surface area contributed by atoms with Crippen LogP contribution in [0.1, 0.15) is 31.1 Å². The highest BCUT2D eigenvalue weighted by atomic mass is 31.2. The average molecular weight is 312 g/mol. The van der Waals surface area contributed by atoms with Crippen molar-refractivity contribution in [3.8, 4) is 0 Å². The molecule has 0 saturated carbocycles. The molecule has 1 rings (SSSR count). The smallest absolute Gasteiger partial charge is 0.374 e. The standard InChI is InChI=1S/C15H21O5P/c1-4-10-14(21(17,18-5-2)19-6-3)20-15(16)13-11-8-7-9-12-13/h4,7-12,14H,5-6H2,1-3H3/b10-4+/t14-/m1/s1. The van der Waals surface area contributed by atoms with Gasteiger partial charge in [-0.05, 0) is 39.0 Å². The highest BCUT2D eigenvalue weighted by Crippen LogP contribution is 2.54. The number of hydrogen-bond donors (Lipinski definition) is 0. The fourth-order valence-corrected chi connectivity index (χ4v) is 3.37. The topological polar surface area (TPSA) is 61.8 Å². The third kappa shape index (κ3) is 5.12. The summed E-state index contributed by atoms with van der Waals surface area (Å²) in [5, 5.41) is 0. The molecule has 0 aliphatic heterocycles. The van der Waals surface area contributed by atoms with Gasteiger partial charge in [-0.3, -0.25) is 4.57 Å². The number of carbonyl (C=O) groups is 1. The van der Waals surface area contributed by atoms with Crippen molar-refractivity contribution in [2.75, 3.05) is 13.2 Å². The van der Waals surface area contributed by atoms with Crippen molar-refractivity contribution in [3.63, 3.8) is 0 Å². The van der Waals surface area contributed by atoms with Gasteiger partial charge in [0.2, 0.25) is 5.85 Å². The fraction of sp³-hybridized carbons (Fsp3) is 0.400. The molecule has 0 aliphatic rings. The Morgan fingerprint density at radius 3 is 2.24 bits per heavy atom. The summed E-state index contributed by atoms with van der Waals surface area (Å²) in [6.07, 6.45) is 3.15. The summed E-state index contributed by atoms with van der Waals surface area (Å²) in [4.78, 5) is 12.1. The molecule has 116 valence electrons. The van der Waals surface area contributed by atoms with Gasteiger partial charge in [0.15, 0.2) is 0 Å². The number of benzene rings is 1. The Kier molecular flexibility index (Phi) is 7.37. The molecule has 0 heterocycles. The van der Waals surface area contributed by atoms with E-state index in [9.17, 15) is 9.36 Å². The van der Waals surface area contributed by atoms with E-state index in [1.807, 2.05) is 0 Å². The summed E-state index contributed by atoms with van der Waals surface area (Å²) in [6.45, 7) is 5.56. The summed E-state index contributed by atoms with van der Waals surface area (Å²) < 4.78 is 28.5. The maximum atomic E-state index is 12.7. The summed E-state index contributed by atoms with van der Waals surface area (Å²) in [6, 6.07) is 8.51. The average Bonchev–Trinajstić information content (AvgIpc) is 2.48. The highest BCUT2D eigenvalue weighted by molar-refractivity contribution is 7.54. The lowest BCUT2D eigenvalue weighted by Crippen LogP contribution is -2.19. The van der Waals surface area contributed by atoms with E-state index in [2.05, 4.69) is 0 Å². The normalized spacial score (nSPS) is 13.3. The summed E-state index contributed by atoms with van der Waals surface area (Å²) in [5.74, 6) is -1.63. The molecule has 0 aromatic heterocycles. The van der Waals surface area contributed by atoms with E-state index in [0.717, 1.165) is 0 Å². The van der Waals surface area contributed by atoms with Gasteiger partial charge in [0.05, 0.1) is 18.8 Å². The minimum atomic E-state index is -3.55.